The number of aliphatic hydroxyl groups is 1. The molecule has 1 heterocycles. The average molecular weight is 234 g/mol. The van der Waals surface area contributed by atoms with Gasteiger partial charge >= 0.3 is 0 Å². The second-order valence-corrected chi connectivity index (χ2v) is 4.55. The number of nitrogen functional groups attached to an aromatic ring is 1. The number of aromatic nitrogens is 1. The van der Waals surface area contributed by atoms with Crippen LogP contribution in [0.4, 0.5) is 11.5 Å². The van der Waals surface area contributed by atoms with Crippen molar-refractivity contribution in [3.05, 3.63) is 17.8 Å². The predicted octanol–water partition coefficient (Wildman–Crippen LogP) is 1.13. The van der Waals surface area contributed by atoms with E-state index in [1.165, 1.54) is 0 Å². The van der Waals surface area contributed by atoms with Crippen LogP contribution in [-0.4, -0.2) is 28.8 Å². The third-order valence-corrected chi connectivity index (χ3v) is 2.30. The maximum absolute atomic E-state index is 9.80. The fraction of sp³-hybridized carbons (Fsp3) is 0.500. The highest BCUT2D eigenvalue weighted by molar-refractivity contribution is 5.55. The van der Waals surface area contributed by atoms with Gasteiger partial charge in [-0.05, 0) is 32.9 Å². The maximum atomic E-state index is 9.80. The first kappa shape index (κ1) is 13.3. The van der Waals surface area contributed by atoms with Crippen LogP contribution in [0.1, 0.15) is 26.5 Å². The fourth-order valence-corrected chi connectivity index (χ4v) is 1.55. The van der Waals surface area contributed by atoms with Gasteiger partial charge < -0.3 is 15.7 Å². The third-order valence-electron chi connectivity index (χ3n) is 2.30. The molecule has 0 spiro atoms. The number of nitriles is 1. The van der Waals surface area contributed by atoms with Crippen molar-refractivity contribution in [1.29, 1.82) is 5.26 Å². The van der Waals surface area contributed by atoms with Gasteiger partial charge in [0.25, 0.3) is 0 Å². The lowest BCUT2D eigenvalue weighted by Gasteiger charge is -2.29. The van der Waals surface area contributed by atoms with E-state index in [1.807, 2.05) is 17.9 Å². The van der Waals surface area contributed by atoms with Gasteiger partial charge in [0.15, 0.2) is 5.69 Å². The van der Waals surface area contributed by atoms with Gasteiger partial charge in [-0.1, -0.05) is 0 Å². The highest BCUT2D eigenvalue weighted by Crippen LogP contribution is 2.18. The molecule has 0 aliphatic rings. The first-order chi connectivity index (χ1) is 7.87. The summed E-state index contributed by atoms with van der Waals surface area (Å²) in [6.45, 7) is 6.59. The molecule has 5 nitrogen and oxygen atoms in total. The van der Waals surface area contributed by atoms with Gasteiger partial charge in [-0.2, -0.15) is 5.26 Å². The van der Waals surface area contributed by atoms with E-state index in [4.69, 9.17) is 11.0 Å². The van der Waals surface area contributed by atoms with Crippen molar-refractivity contribution in [1.82, 2.24) is 4.98 Å². The van der Waals surface area contributed by atoms with E-state index >= 15 is 0 Å². The summed E-state index contributed by atoms with van der Waals surface area (Å²) < 4.78 is 0. The van der Waals surface area contributed by atoms with E-state index in [9.17, 15) is 5.11 Å². The van der Waals surface area contributed by atoms with Crippen LogP contribution in [0.25, 0.3) is 0 Å². The summed E-state index contributed by atoms with van der Waals surface area (Å²) in [5.41, 5.74) is 5.39. The second-order valence-electron chi connectivity index (χ2n) is 4.55. The second kappa shape index (κ2) is 5.02. The van der Waals surface area contributed by atoms with Gasteiger partial charge in [-0.3, -0.25) is 0 Å². The molecule has 5 heteroatoms. The summed E-state index contributed by atoms with van der Waals surface area (Å²) in [5.74, 6) is 0.653. The number of anilines is 2. The SMILES string of the molecule is CCN(CC(C)(C)O)c1ccc(N)c(C#N)n1. The monoisotopic (exact) mass is 234 g/mol. The molecule has 0 fully saturated rings. The van der Waals surface area contributed by atoms with E-state index in [1.54, 1.807) is 26.0 Å². The Labute approximate surface area is 101 Å². The van der Waals surface area contributed by atoms with Crippen molar-refractivity contribution in [3.8, 4) is 6.07 Å². The van der Waals surface area contributed by atoms with Gasteiger partial charge in [0.05, 0.1) is 11.3 Å². The molecule has 0 bridgehead atoms. The summed E-state index contributed by atoms with van der Waals surface area (Å²) in [7, 11) is 0. The van der Waals surface area contributed by atoms with E-state index in [0.29, 0.717) is 24.6 Å². The first-order valence-electron chi connectivity index (χ1n) is 5.51. The van der Waals surface area contributed by atoms with Gasteiger partial charge in [0, 0.05) is 13.1 Å². The van der Waals surface area contributed by atoms with Crippen molar-refractivity contribution < 1.29 is 5.11 Å². The van der Waals surface area contributed by atoms with Crippen LogP contribution in [0, 0.1) is 11.3 Å². The number of hydrogen-bond donors (Lipinski definition) is 2. The maximum Gasteiger partial charge on any atom is 0.165 e. The van der Waals surface area contributed by atoms with Gasteiger partial charge in [-0.25, -0.2) is 4.98 Å². The van der Waals surface area contributed by atoms with Crippen molar-refractivity contribution in [3.63, 3.8) is 0 Å². The number of likely N-dealkylation sites (N-methyl/N-ethyl adjacent to an activating group) is 1. The molecule has 0 aliphatic heterocycles. The van der Waals surface area contributed by atoms with E-state index in [0.717, 1.165) is 0 Å². The lowest BCUT2D eigenvalue weighted by atomic mass is 10.1. The number of rotatable bonds is 4. The fourth-order valence-electron chi connectivity index (χ4n) is 1.55. The standard InChI is InChI=1S/C12H18N4O/c1-4-16(8-12(2,3)17)11-6-5-9(14)10(7-13)15-11/h5-6,17H,4,8,14H2,1-3H3. The normalized spacial score (nSPS) is 11.0. The molecule has 3 N–H and O–H groups in total. The highest BCUT2D eigenvalue weighted by atomic mass is 16.3. The number of nitrogens with two attached hydrogens (primary N) is 1. The quantitative estimate of drug-likeness (QED) is 0.815. The molecule has 0 atom stereocenters. The summed E-state index contributed by atoms with van der Waals surface area (Å²) in [4.78, 5) is 6.08. The Morgan fingerprint density at radius 3 is 2.65 bits per heavy atom. The molecule has 0 saturated carbocycles. The molecule has 0 amide bonds. The topological polar surface area (TPSA) is 86.2 Å². The molecule has 0 aromatic carbocycles. The third kappa shape index (κ3) is 3.61. The molecule has 92 valence electrons. The first-order valence-corrected chi connectivity index (χ1v) is 5.51. The van der Waals surface area contributed by atoms with Crippen LogP contribution in [0.5, 0.6) is 0 Å². The lowest BCUT2D eigenvalue weighted by molar-refractivity contribution is 0.0874. The molecule has 1 rings (SSSR count). The minimum absolute atomic E-state index is 0.219. The van der Waals surface area contributed by atoms with Gasteiger partial charge in [0.1, 0.15) is 11.9 Å². The van der Waals surface area contributed by atoms with Crippen molar-refractivity contribution in [2.75, 3.05) is 23.7 Å². The van der Waals surface area contributed by atoms with E-state index < -0.39 is 5.60 Å². The minimum atomic E-state index is -0.814. The van der Waals surface area contributed by atoms with Crippen LogP contribution < -0.4 is 10.6 Å². The number of pyridine rings is 1. The van der Waals surface area contributed by atoms with Gasteiger partial charge in [-0.15, -0.1) is 0 Å². The van der Waals surface area contributed by atoms with Crippen LogP contribution >= 0.6 is 0 Å². The van der Waals surface area contributed by atoms with E-state index in [2.05, 4.69) is 4.98 Å². The van der Waals surface area contributed by atoms with Crippen molar-refractivity contribution >= 4 is 11.5 Å². The zero-order valence-corrected chi connectivity index (χ0v) is 10.4. The highest BCUT2D eigenvalue weighted by Gasteiger charge is 2.18. The Morgan fingerprint density at radius 1 is 1.53 bits per heavy atom. The number of hydrogen-bond acceptors (Lipinski definition) is 5. The molecule has 1 aromatic heterocycles. The number of nitrogens with zero attached hydrogens (tertiary/aromatic N) is 3. The molecule has 0 radical (unpaired) electrons. The summed E-state index contributed by atoms with van der Waals surface area (Å²) in [6, 6.07) is 5.37. The summed E-state index contributed by atoms with van der Waals surface area (Å²) in [6.07, 6.45) is 0. The zero-order chi connectivity index (χ0) is 13.1. The van der Waals surface area contributed by atoms with Crippen LogP contribution in [0.3, 0.4) is 0 Å². The minimum Gasteiger partial charge on any atom is -0.396 e. The van der Waals surface area contributed by atoms with Gasteiger partial charge in [0.2, 0.25) is 0 Å². The van der Waals surface area contributed by atoms with Crippen LogP contribution in [0.2, 0.25) is 0 Å². The largest absolute Gasteiger partial charge is 0.396 e. The predicted molar refractivity (Wildman–Crippen MR) is 67.5 cm³/mol. The molecular formula is C12H18N4O. The molecule has 1 aromatic rings. The molecule has 17 heavy (non-hydrogen) atoms. The Kier molecular flexibility index (Phi) is 3.92. The van der Waals surface area contributed by atoms with Crippen molar-refractivity contribution in [2.24, 2.45) is 0 Å². The van der Waals surface area contributed by atoms with Crippen LogP contribution in [0.15, 0.2) is 12.1 Å². The molecule has 0 saturated heterocycles. The Balaban J connectivity index is 3.01. The summed E-state index contributed by atoms with van der Waals surface area (Å²) in [5, 5.41) is 18.7. The Bertz CT molecular complexity index is 431. The van der Waals surface area contributed by atoms with E-state index in [-0.39, 0.29) is 5.69 Å². The molecule has 0 unspecified atom stereocenters. The smallest absolute Gasteiger partial charge is 0.165 e. The summed E-state index contributed by atoms with van der Waals surface area (Å²) >= 11 is 0. The Hall–Kier alpha value is -1.80. The zero-order valence-electron chi connectivity index (χ0n) is 10.4. The molecule has 0 aliphatic carbocycles. The van der Waals surface area contributed by atoms with Crippen molar-refractivity contribution in [2.45, 2.75) is 26.4 Å². The average Bonchev–Trinajstić information content (AvgIpc) is 2.25. The Morgan fingerprint density at radius 2 is 2.18 bits per heavy atom. The molecular weight excluding hydrogens is 216 g/mol. The van der Waals surface area contributed by atoms with Crippen LogP contribution in [-0.2, 0) is 0 Å². The lowest BCUT2D eigenvalue weighted by Crippen LogP contribution is -2.39.